The van der Waals surface area contributed by atoms with Crippen LogP contribution in [0.25, 0.3) is 6.08 Å². The topological polar surface area (TPSA) is 80.6 Å². The van der Waals surface area contributed by atoms with Gasteiger partial charge in [-0.15, -0.1) is 0 Å². The Kier molecular flexibility index (Phi) is 6.48. The molecule has 0 aromatic heterocycles. The summed E-state index contributed by atoms with van der Waals surface area (Å²) in [6, 6.07) is 11.8. The molecule has 1 N–H and O–H groups in total. The van der Waals surface area contributed by atoms with Gasteiger partial charge in [-0.1, -0.05) is 11.6 Å². The molecule has 0 saturated carbocycles. The first-order valence-corrected chi connectivity index (χ1v) is 7.89. The van der Waals surface area contributed by atoms with Crippen LogP contribution in [0.5, 0.6) is 17.2 Å². The molecular weight excluding hydrogens is 356 g/mol. The predicted molar refractivity (Wildman–Crippen MR) is 99.8 cm³/mol. The summed E-state index contributed by atoms with van der Waals surface area (Å²) in [5.41, 5.74) is 0.943. The third-order valence-electron chi connectivity index (χ3n) is 3.50. The summed E-state index contributed by atoms with van der Waals surface area (Å²) in [5.74, 6) is 0.662. The van der Waals surface area contributed by atoms with Crippen LogP contribution in [0.2, 0.25) is 5.02 Å². The number of hydrogen-bond donors (Lipinski definition) is 1. The summed E-state index contributed by atoms with van der Waals surface area (Å²) in [6.45, 7) is 0. The third kappa shape index (κ3) is 4.26. The van der Waals surface area contributed by atoms with Crippen molar-refractivity contribution >= 4 is 29.3 Å². The molecule has 0 unspecified atom stereocenters. The van der Waals surface area contributed by atoms with Crippen molar-refractivity contribution in [2.24, 2.45) is 0 Å². The predicted octanol–water partition coefficient (Wildman–Crippen LogP) is 3.91. The zero-order valence-corrected chi connectivity index (χ0v) is 15.3. The Morgan fingerprint density at radius 2 is 1.69 bits per heavy atom. The fourth-order valence-electron chi connectivity index (χ4n) is 2.27. The van der Waals surface area contributed by atoms with E-state index in [9.17, 15) is 10.1 Å². The van der Waals surface area contributed by atoms with Gasteiger partial charge < -0.3 is 19.5 Å². The molecule has 0 spiro atoms. The van der Waals surface area contributed by atoms with Crippen LogP contribution in [0.3, 0.4) is 0 Å². The van der Waals surface area contributed by atoms with E-state index in [4.69, 9.17) is 25.8 Å². The second-order valence-electron chi connectivity index (χ2n) is 5.05. The number of halogens is 1. The van der Waals surface area contributed by atoms with E-state index in [0.717, 1.165) is 0 Å². The van der Waals surface area contributed by atoms with Crippen molar-refractivity contribution in [3.63, 3.8) is 0 Å². The van der Waals surface area contributed by atoms with Crippen molar-refractivity contribution in [2.75, 3.05) is 26.6 Å². The van der Waals surface area contributed by atoms with Crippen molar-refractivity contribution < 1.29 is 19.0 Å². The van der Waals surface area contributed by atoms with Crippen molar-refractivity contribution in [3.05, 3.63) is 52.6 Å². The lowest BCUT2D eigenvalue weighted by molar-refractivity contribution is -0.112. The SMILES string of the molecule is COc1ccc(/C=C(\C#N)C(=O)Nc2ccc(Cl)cc2)c(OC)c1OC. The number of rotatable bonds is 6. The lowest BCUT2D eigenvalue weighted by Crippen LogP contribution is -2.13. The second kappa shape index (κ2) is 8.79. The Morgan fingerprint density at radius 3 is 2.23 bits per heavy atom. The molecule has 0 aliphatic heterocycles. The minimum atomic E-state index is -0.549. The molecule has 0 saturated heterocycles. The third-order valence-corrected chi connectivity index (χ3v) is 3.75. The lowest BCUT2D eigenvalue weighted by Gasteiger charge is -2.14. The minimum Gasteiger partial charge on any atom is -0.493 e. The van der Waals surface area contributed by atoms with E-state index < -0.39 is 5.91 Å². The summed E-state index contributed by atoms with van der Waals surface area (Å²) in [4.78, 5) is 12.4. The molecule has 0 bridgehead atoms. The fourth-order valence-corrected chi connectivity index (χ4v) is 2.40. The summed E-state index contributed by atoms with van der Waals surface area (Å²) >= 11 is 5.82. The van der Waals surface area contributed by atoms with Crippen molar-refractivity contribution in [1.29, 1.82) is 5.26 Å². The molecule has 0 fully saturated rings. The molecule has 2 aromatic rings. The zero-order valence-electron chi connectivity index (χ0n) is 14.5. The summed E-state index contributed by atoms with van der Waals surface area (Å²) in [7, 11) is 4.45. The molecular formula is C19H17ClN2O4. The highest BCUT2D eigenvalue weighted by atomic mass is 35.5. The normalized spacial score (nSPS) is 10.7. The van der Waals surface area contributed by atoms with Gasteiger partial charge >= 0.3 is 0 Å². The summed E-state index contributed by atoms with van der Waals surface area (Å²) < 4.78 is 15.9. The number of nitrogens with zero attached hydrogens (tertiary/aromatic N) is 1. The maximum atomic E-state index is 12.4. The van der Waals surface area contributed by atoms with Gasteiger partial charge in [0.25, 0.3) is 5.91 Å². The first-order chi connectivity index (χ1) is 12.5. The van der Waals surface area contributed by atoms with Crippen LogP contribution in [0.15, 0.2) is 42.0 Å². The van der Waals surface area contributed by atoms with Gasteiger partial charge in [-0.25, -0.2) is 0 Å². The molecule has 6 nitrogen and oxygen atoms in total. The zero-order chi connectivity index (χ0) is 19.1. The average Bonchev–Trinajstić information content (AvgIpc) is 2.66. The van der Waals surface area contributed by atoms with Crippen molar-refractivity contribution in [3.8, 4) is 23.3 Å². The molecule has 0 aliphatic carbocycles. The Labute approximate surface area is 156 Å². The van der Waals surface area contributed by atoms with Gasteiger partial charge in [-0.05, 0) is 42.5 Å². The van der Waals surface area contributed by atoms with Crippen LogP contribution in [-0.4, -0.2) is 27.2 Å². The Morgan fingerprint density at radius 1 is 1.04 bits per heavy atom. The highest BCUT2D eigenvalue weighted by molar-refractivity contribution is 6.30. The number of amides is 1. The van der Waals surface area contributed by atoms with Crippen LogP contribution in [0.1, 0.15) is 5.56 Å². The molecule has 7 heteroatoms. The number of nitrogens with one attached hydrogen (secondary N) is 1. The van der Waals surface area contributed by atoms with E-state index in [1.165, 1.54) is 27.4 Å². The van der Waals surface area contributed by atoms with Crippen molar-refractivity contribution in [1.82, 2.24) is 0 Å². The number of benzene rings is 2. The molecule has 0 aliphatic rings. The maximum Gasteiger partial charge on any atom is 0.266 e. The molecule has 1 amide bonds. The highest BCUT2D eigenvalue weighted by Gasteiger charge is 2.17. The molecule has 2 rings (SSSR count). The largest absolute Gasteiger partial charge is 0.493 e. The van der Waals surface area contributed by atoms with Crippen LogP contribution >= 0.6 is 11.6 Å². The van der Waals surface area contributed by atoms with E-state index in [0.29, 0.717) is 33.5 Å². The molecule has 0 atom stereocenters. The van der Waals surface area contributed by atoms with Crippen LogP contribution in [-0.2, 0) is 4.79 Å². The number of carbonyl (C=O) groups excluding carboxylic acids is 1. The Bertz CT molecular complexity index is 870. The Balaban J connectivity index is 2.37. The first-order valence-electron chi connectivity index (χ1n) is 7.51. The van der Waals surface area contributed by atoms with Crippen molar-refractivity contribution in [2.45, 2.75) is 0 Å². The van der Waals surface area contributed by atoms with Crippen LogP contribution in [0.4, 0.5) is 5.69 Å². The smallest absolute Gasteiger partial charge is 0.266 e. The van der Waals surface area contributed by atoms with Gasteiger partial charge in [-0.2, -0.15) is 5.26 Å². The fraction of sp³-hybridized carbons (Fsp3) is 0.158. The number of ether oxygens (including phenoxy) is 3. The standard InChI is InChI=1S/C19H17ClN2O4/c1-24-16-9-4-12(17(25-2)18(16)26-3)10-13(11-21)19(23)22-15-7-5-14(20)6-8-15/h4-10H,1-3H3,(H,22,23)/b13-10+. The highest BCUT2D eigenvalue weighted by Crippen LogP contribution is 2.40. The number of anilines is 1. The minimum absolute atomic E-state index is 0.0922. The second-order valence-corrected chi connectivity index (χ2v) is 5.49. The molecule has 0 radical (unpaired) electrons. The molecule has 0 heterocycles. The van der Waals surface area contributed by atoms with Crippen LogP contribution in [0, 0.1) is 11.3 Å². The average molecular weight is 373 g/mol. The number of carbonyl (C=O) groups is 1. The molecule has 2 aromatic carbocycles. The van der Waals surface area contributed by atoms with E-state index in [-0.39, 0.29) is 5.57 Å². The van der Waals surface area contributed by atoms with E-state index in [1.807, 2.05) is 6.07 Å². The first kappa shape index (κ1) is 19.2. The summed E-state index contributed by atoms with van der Waals surface area (Å²) in [6.07, 6.45) is 1.42. The van der Waals surface area contributed by atoms with Gasteiger partial charge in [0.2, 0.25) is 5.75 Å². The summed E-state index contributed by atoms with van der Waals surface area (Å²) in [5, 5.41) is 12.6. The quantitative estimate of drug-likeness (QED) is 0.614. The van der Waals surface area contributed by atoms with E-state index in [2.05, 4.69) is 5.32 Å². The van der Waals surface area contributed by atoms with E-state index in [1.54, 1.807) is 36.4 Å². The maximum absolute atomic E-state index is 12.4. The van der Waals surface area contributed by atoms with Gasteiger partial charge in [0, 0.05) is 16.3 Å². The van der Waals surface area contributed by atoms with Gasteiger partial charge in [0.05, 0.1) is 21.3 Å². The lowest BCUT2D eigenvalue weighted by atomic mass is 10.1. The Hall–Kier alpha value is -3.17. The molecule has 134 valence electrons. The van der Waals surface area contributed by atoms with Gasteiger partial charge in [0.15, 0.2) is 11.5 Å². The number of nitriles is 1. The monoisotopic (exact) mass is 372 g/mol. The number of methoxy groups -OCH3 is 3. The number of hydrogen-bond acceptors (Lipinski definition) is 5. The van der Waals surface area contributed by atoms with Gasteiger partial charge in [0.1, 0.15) is 11.6 Å². The molecule has 26 heavy (non-hydrogen) atoms. The van der Waals surface area contributed by atoms with Gasteiger partial charge in [-0.3, -0.25) is 4.79 Å². The van der Waals surface area contributed by atoms with E-state index >= 15 is 0 Å². The van der Waals surface area contributed by atoms with Crippen LogP contribution < -0.4 is 19.5 Å².